The minimum atomic E-state index is -3.07. The van der Waals surface area contributed by atoms with Crippen molar-refractivity contribution in [2.75, 3.05) is 34.4 Å². The van der Waals surface area contributed by atoms with E-state index in [4.69, 9.17) is 0 Å². The summed E-state index contributed by atoms with van der Waals surface area (Å²) in [5.74, 6) is -0.112. The number of amidine groups is 1. The van der Waals surface area contributed by atoms with E-state index in [-0.39, 0.29) is 34.6 Å². The Hall–Kier alpha value is -1.54. The highest BCUT2D eigenvalue weighted by molar-refractivity contribution is 8.16. The number of carbonyl (C=O) groups excluding carboxylic acids is 1. The van der Waals surface area contributed by atoms with E-state index in [1.807, 2.05) is 31.7 Å². The number of thioether (sulfide) groups is 1. The molecule has 3 rings (SSSR count). The fourth-order valence-electron chi connectivity index (χ4n) is 3.76. The molecule has 0 N–H and O–H groups in total. The highest BCUT2D eigenvalue weighted by atomic mass is 32.2. The minimum Gasteiger partial charge on any atom is -0.372 e. The van der Waals surface area contributed by atoms with Crippen LogP contribution in [0.1, 0.15) is 33.3 Å². The third-order valence-corrected chi connectivity index (χ3v) is 8.54. The van der Waals surface area contributed by atoms with Crippen molar-refractivity contribution in [1.82, 2.24) is 0 Å². The first-order valence-electron chi connectivity index (χ1n) is 9.81. The van der Waals surface area contributed by atoms with E-state index in [2.05, 4.69) is 35.9 Å². The molecule has 28 heavy (non-hydrogen) atoms. The lowest BCUT2D eigenvalue weighted by atomic mass is 10.1. The summed E-state index contributed by atoms with van der Waals surface area (Å²) >= 11 is 1.43. The van der Waals surface area contributed by atoms with Gasteiger partial charge in [0.2, 0.25) is 0 Å². The van der Waals surface area contributed by atoms with Crippen LogP contribution in [0.25, 0.3) is 0 Å². The van der Waals surface area contributed by atoms with Crippen LogP contribution in [0, 0.1) is 12.8 Å². The van der Waals surface area contributed by atoms with Gasteiger partial charge in [-0.15, -0.1) is 0 Å². The number of hydrogen-bond donors (Lipinski definition) is 0. The molecule has 1 aromatic rings. The molecule has 2 aliphatic rings. The number of nitrogens with zero attached hydrogens (tertiary/aromatic N) is 3. The quantitative estimate of drug-likeness (QED) is 0.725. The SMILES string of the molecule is CCN(CC)c1ccc(N2C(=NC(=O)C(C)C)S[C@@H]3CS(=O)(=O)C[C@@H]32)c(C)c1. The Bertz CT molecular complexity index is 892. The normalized spacial score (nSPS) is 24.8. The molecule has 0 aliphatic carbocycles. The molecule has 2 fully saturated rings. The number of anilines is 2. The van der Waals surface area contributed by atoms with Crippen LogP contribution in [0.3, 0.4) is 0 Å². The van der Waals surface area contributed by atoms with Crippen LogP contribution in [-0.4, -0.2) is 55.4 Å². The second-order valence-corrected chi connectivity index (χ2v) is 11.1. The van der Waals surface area contributed by atoms with E-state index in [0.717, 1.165) is 30.0 Å². The molecular formula is C20H29N3O3S2. The third kappa shape index (κ3) is 4.08. The van der Waals surface area contributed by atoms with Gasteiger partial charge in [0.25, 0.3) is 5.91 Å². The van der Waals surface area contributed by atoms with Crippen molar-refractivity contribution in [3.63, 3.8) is 0 Å². The Morgan fingerprint density at radius 2 is 1.96 bits per heavy atom. The van der Waals surface area contributed by atoms with Crippen molar-refractivity contribution in [3.8, 4) is 0 Å². The molecule has 8 heteroatoms. The number of fused-ring (bicyclic) bond motifs is 1. The Morgan fingerprint density at radius 1 is 1.29 bits per heavy atom. The number of sulfone groups is 1. The summed E-state index contributed by atoms with van der Waals surface area (Å²) in [5.41, 5.74) is 3.13. The molecule has 1 amide bonds. The van der Waals surface area contributed by atoms with E-state index in [0.29, 0.717) is 5.17 Å². The summed E-state index contributed by atoms with van der Waals surface area (Å²) < 4.78 is 24.4. The minimum absolute atomic E-state index is 0.0782. The molecule has 2 atom stereocenters. The molecule has 0 unspecified atom stereocenters. The first-order chi connectivity index (χ1) is 13.2. The fraction of sp³-hybridized carbons (Fsp3) is 0.600. The van der Waals surface area contributed by atoms with Crippen LogP contribution >= 0.6 is 11.8 Å². The zero-order valence-electron chi connectivity index (χ0n) is 17.2. The molecule has 0 bridgehead atoms. The van der Waals surface area contributed by atoms with Crippen LogP contribution in [0.4, 0.5) is 11.4 Å². The number of hydrogen-bond acceptors (Lipinski definition) is 5. The van der Waals surface area contributed by atoms with Gasteiger partial charge in [-0.2, -0.15) is 4.99 Å². The average molecular weight is 424 g/mol. The Morgan fingerprint density at radius 3 is 2.54 bits per heavy atom. The van der Waals surface area contributed by atoms with Gasteiger partial charge in [0.15, 0.2) is 15.0 Å². The summed E-state index contributed by atoms with van der Waals surface area (Å²) in [6.45, 7) is 11.8. The fourth-order valence-corrected chi connectivity index (χ4v) is 7.68. The molecule has 0 spiro atoms. The molecule has 2 saturated heterocycles. The Kier molecular flexibility index (Phi) is 6.10. The number of aryl methyl sites for hydroxylation is 1. The molecule has 0 saturated carbocycles. The van der Waals surface area contributed by atoms with Gasteiger partial charge in [-0.05, 0) is 44.5 Å². The van der Waals surface area contributed by atoms with Crippen molar-refractivity contribution >= 4 is 44.0 Å². The van der Waals surface area contributed by atoms with E-state index in [1.165, 1.54) is 11.8 Å². The molecule has 0 aromatic heterocycles. The molecular weight excluding hydrogens is 394 g/mol. The number of rotatable bonds is 5. The lowest BCUT2D eigenvalue weighted by Crippen LogP contribution is -2.38. The monoisotopic (exact) mass is 423 g/mol. The van der Waals surface area contributed by atoms with Gasteiger partial charge in [-0.25, -0.2) is 8.42 Å². The van der Waals surface area contributed by atoms with Gasteiger partial charge in [0.05, 0.1) is 17.5 Å². The van der Waals surface area contributed by atoms with Crippen molar-refractivity contribution in [3.05, 3.63) is 23.8 Å². The average Bonchev–Trinajstić information content (AvgIpc) is 3.07. The molecule has 2 heterocycles. The van der Waals surface area contributed by atoms with Crippen LogP contribution in [0.5, 0.6) is 0 Å². The summed E-state index contributed by atoms with van der Waals surface area (Å²) in [4.78, 5) is 20.9. The second-order valence-electron chi connectivity index (χ2n) is 7.70. The molecule has 1 aromatic carbocycles. The van der Waals surface area contributed by atoms with Crippen LogP contribution in [0.2, 0.25) is 0 Å². The van der Waals surface area contributed by atoms with Gasteiger partial charge in [0, 0.05) is 35.6 Å². The molecule has 6 nitrogen and oxygen atoms in total. The Labute approximate surface area is 172 Å². The maximum atomic E-state index is 12.3. The van der Waals surface area contributed by atoms with E-state index in [9.17, 15) is 13.2 Å². The molecule has 154 valence electrons. The molecule has 0 radical (unpaired) electrons. The maximum absolute atomic E-state index is 12.3. The van der Waals surface area contributed by atoms with Gasteiger partial charge in [-0.1, -0.05) is 25.6 Å². The van der Waals surface area contributed by atoms with Gasteiger partial charge in [0.1, 0.15) is 0 Å². The van der Waals surface area contributed by atoms with E-state index < -0.39 is 9.84 Å². The highest BCUT2D eigenvalue weighted by Crippen LogP contribution is 2.42. The standard InChI is InChI=1S/C20H29N3O3S2/c1-6-22(7-2)15-8-9-16(14(5)10-15)23-17-11-28(25,26)12-18(17)27-20(23)21-19(24)13(3)4/h8-10,13,17-18H,6-7,11-12H2,1-5H3/t17-,18+/m0/s1. The van der Waals surface area contributed by atoms with Crippen molar-refractivity contribution in [2.45, 2.75) is 45.9 Å². The lowest BCUT2D eigenvalue weighted by molar-refractivity contribution is -0.120. The van der Waals surface area contributed by atoms with Crippen LogP contribution in [-0.2, 0) is 14.6 Å². The summed E-state index contributed by atoms with van der Waals surface area (Å²) in [5, 5.41) is 0.549. The predicted molar refractivity (Wildman–Crippen MR) is 118 cm³/mol. The first kappa shape index (κ1) is 21.2. The Balaban J connectivity index is 2.03. The number of benzene rings is 1. The van der Waals surface area contributed by atoms with Crippen molar-refractivity contribution in [2.24, 2.45) is 10.9 Å². The van der Waals surface area contributed by atoms with Crippen molar-refractivity contribution in [1.29, 1.82) is 0 Å². The van der Waals surface area contributed by atoms with Gasteiger partial charge < -0.3 is 9.80 Å². The van der Waals surface area contributed by atoms with Crippen molar-refractivity contribution < 1.29 is 13.2 Å². The largest absolute Gasteiger partial charge is 0.372 e. The van der Waals surface area contributed by atoms with Crippen LogP contribution < -0.4 is 9.80 Å². The van der Waals surface area contributed by atoms with Gasteiger partial charge >= 0.3 is 0 Å². The number of aliphatic imine (C=N–C) groups is 1. The van der Waals surface area contributed by atoms with Gasteiger partial charge in [-0.3, -0.25) is 4.79 Å². The zero-order chi connectivity index (χ0) is 20.6. The maximum Gasteiger partial charge on any atom is 0.250 e. The highest BCUT2D eigenvalue weighted by Gasteiger charge is 2.49. The number of amides is 1. The topological polar surface area (TPSA) is 70.0 Å². The smallest absolute Gasteiger partial charge is 0.250 e. The van der Waals surface area contributed by atoms with Crippen LogP contribution in [0.15, 0.2) is 23.2 Å². The van der Waals surface area contributed by atoms with E-state index in [1.54, 1.807) is 0 Å². The summed E-state index contributed by atoms with van der Waals surface area (Å²) in [6.07, 6.45) is 0. The first-order valence-corrected chi connectivity index (χ1v) is 12.5. The second kappa shape index (κ2) is 8.06. The summed E-state index contributed by atoms with van der Waals surface area (Å²) in [7, 11) is -3.07. The predicted octanol–water partition coefficient (Wildman–Crippen LogP) is 3.10. The van der Waals surface area contributed by atoms with E-state index >= 15 is 0 Å². The number of carbonyl (C=O) groups is 1. The molecule has 2 aliphatic heterocycles. The lowest BCUT2D eigenvalue weighted by Gasteiger charge is -2.28. The third-order valence-electron chi connectivity index (χ3n) is 5.33. The zero-order valence-corrected chi connectivity index (χ0v) is 18.8. The summed E-state index contributed by atoms with van der Waals surface area (Å²) in [6, 6.07) is 6.06.